The largest absolute Gasteiger partial charge is 0.471 e. The summed E-state index contributed by atoms with van der Waals surface area (Å²) in [5.74, 6) is -1.91. The number of amides is 1. The molecule has 1 N–H and O–H groups in total. The molecule has 6 heteroatoms. The summed E-state index contributed by atoms with van der Waals surface area (Å²) in [6, 6.07) is -0.617. The molecule has 1 aliphatic rings. The van der Waals surface area contributed by atoms with Gasteiger partial charge in [-0.3, -0.25) is 4.79 Å². The molecule has 0 saturated heterocycles. The van der Waals surface area contributed by atoms with Gasteiger partial charge in [-0.05, 0) is 6.42 Å². The predicted octanol–water partition coefficient (Wildman–Crippen LogP) is 2.27. The van der Waals surface area contributed by atoms with Crippen molar-refractivity contribution in [1.29, 1.82) is 0 Å². The number of nitrogens with one attached hydrogen (secondary N) is 1. The molecule has 0 fully saturated rings. The smallest absolute Gasteiger partial charge is 0.341 e. The molecule has 14 heavy (non-hydrogen) atoms. The minimum atomic E-state index is -4.82. The second kappa shape index (κ2) is 4.16. The van der Waals surface area contributed by atoms with Gasteiger partial charge in [0.05, 0.1) is 6.04 Å². The second-order valence-electron chi connectivity index (χ2n) is 2.74. The van der Waals surface area contributed by atoms with Crippen LogP contribution in [0.5, 0.6) is 0 Å². The molecule has 2 nitrogen and oxygen atoms in total. The molecule has 0 aromatic heterocycles. The van der Waals surface area contributed by atoms with Gasteiger partial charge in [0.25, 0.3) is 0 Å². The van der Waals surface area contributed by atoms with Crippen molar-refractivity contribution >= 4 is 21.8 Å². The highest BCUT2D eigenvalue weighted by Crippen LogP contribution is 2.21. The summed E-state index contributed by atoms with van der Waals surface area (Å²) in [4.78, 5) is 10.6. The van der Waals surface area contributed by atoms with Crippen LogP contribution < -0.4 is 5.32 Å². The molecule has 78 valence electrons. The van der Waals surface area contributed by atoms with E-state index in [1.54, 1.807) is 18.2 Å². The highest BCUT2D eigenvalue weighted by atomic mass is 79.9. The van der Waals surface area contributed by atoms with Crippen LogP contribution in [0.4, 0.5) is 13.2 Å². The predicted molar refractivity (Wildman–Crippen MR) is 48.8 cm³/mol. The summed E-state index contributed by atoms with van der Waals surface area (Å²) in [5, 5.41) is 1.88. The van der Waals surface area contributed by atoms with Gasteiger partial charge in [0.2, 0.25) is 0 Å². The highest BCUT2D eigenvalue weighted by Gasteiger charge is 2.39. The van der Waals surface area contributed by atoms with Crippen LogP contribution in [-0.4, -0.2) is 18.1 Å². The van der Waals surface area contributed by atoms with Crippen LogP contribution in [0.15, 0.2) is 22.7 Å². The molecule has 0 aromatic rings. The van der Waals surface area contributed by atoms with E-state index in [1.807, 2.05) is 5.32 Å². The van der Waals surface area contributed by atoms with Crippen LogP contribution in [0.2, 0.25) is 0 Å². The number of rotatable bonds is 1. The van der Waals surface area contributed by atoms with Gasteiger partial charge in [0.1, 0.15) is 0 Å². The number of carbonyl (C=O) groups excluding carboxylic acids is 1. The van der Waals surface area contributed by atoms with E-state index < -0.39 is 18.1 Å². The van der Waals surface area contributed by atoms with Crippen molar-refractivity contribution in [2.45, 2.75) is 18.6 Å². The van der Waals surface area contributed by atoms with E-state index in [4.69, 9.17) is 0 Å². The number of hydrogen-bond donors (Lipinski definition) is 1. The molecule has 0 aliphatic heterocycles. The maximum absolute atomic E-state index is 11.9. The third-order valence-electron chi connectivity index (χ3n) is 1.66. The van der Waals surface area contributed by atoms with Crippen molar-refractivity contribution < 1.29 is 18.0 Å². The third-order valence-corrected chi connectivity index (χ3v) is 2.48. The van der Waals surface area contributed by atoms with E-state index in [-0.39, 0.29) is 0 Å². The first-order chi connectivity index (χ1) is 6.41. The summed E-state index contributed by atoms with van der Waals surface area (Å²) in [7, 11) is 0. The molecule has 1 rings (SSSR count). The Kier molecular flexibility index (Phi) is 3.36. The zero-order chi connectivity index (χ0) is 10.8. The van der Waals surface area contributed by atoms with Crippen molar-refractivity contribution in [3.63, 3.8) is 0 Å². The van der Waals surface area contributed by atoms with Crippen molar-refractivity contribution in [3.05, 3.63) is 22.7 Å². The Labute approximate surface area is 87.0 Å². The summed E-state index contributed by atoms with van der Waals surface area (Å²) < 4.78 is 36.1. The highest BCUT2D eigenvalue weighted by molar-refractivity contribution is 9.11. The van der Waals surface area contributed by atoms with E-state index in [1.165, 1.54) is 0 Å². The number of hydrogen-bond acceptors (Lipinski definition) is 1. The van der Waals surface area contributed by atoms with Gasteiger partial charge in [0.15, 0.2) is 0 Å². The Morgan fingerprint density at radius 1 is 1.57 bits per heavy atom. The molecule has 0 radical (unpaired) electrons. The maximum atomic E-state index is 11.9. The Hall–Kier alpha value is -0.780. The summed E-state index contributed by atoms with van der Waals surface area (Å²) in [6.45, 7) is 0. The van der Waals surface area contributed by atoms with Crippen LogP contribution in [0.1, 0.15) is 6.42 Å². The number of alkyl halides is 3. The Morgan fingerprint density at radius 2 is 2.21 bits per heavy atom. The van der Waals surface area contributed by atoms with Crippen LogP contribution in [0, 0.1) is 0 Å². The van der Waals surface area contributed by atoms with Gasteiger partial charge < -0.3 is 5.32 Å². The summed E-state index contributed by atoms with van der Waals surface area (Å²) >= 11 is 3.08. The van der Waals surface area contributed by atoms with E-state index in [0.717, 1.165) is 0 Å². The van der Waals surface area contributed by atoms with E-state index >= 15 is 0 Å². The van der Waals surface area contributed by atoms with Gasteiger partial charge in [-0.25, -0.2) is 0 Å². The fourth-order valence-corrected chi connectivity index (χ4v) is 1.43. The van der Waals surface area contributed by atoms with E-state index in [2.05, 4.69) is 15.9 Å². The molecule has 0 aromatic carbocycles. The lowest BCUT2D eigenvalue weighted by atomic mass is 10.1. The van der Waals surface area contributed by atoms with Crippen LogP contribution in [-0.2, 0) is 4.79 Å². The fourth-order valence-electron chi connectivity index (χ4n) is 0.971. The Morgan fingerprint density at radius 3 is 2.71 bits per heavy atom. The van der Waals surface area contributed by atoms with Gasteiger partial charge in [-0.2, -0.15) is 13.2 Å². The molecular weight excluding hydrogens is 263 g/mol. The normalized spacial score (nSPS) is 21.7. The molecular formula is C8H7BrF3NO. The average Bonchev–Trinajstić information content (AvgIpc) is 2.07. The standard InChI is InChI=1S/C8H7BrF3NO/c9-5-3-1-2-4-6(5)13-7(14)8(10,11)12/h1-3,6H,4H2,(H,13,14). The molecule has 0 spiro atoms. The number of halogens is 4. The van der Waals surface area contributed by atoms with Crippen LogP contribution >= 0.6 is 15.9 Å². The van der Waals surface area contributed by atoms with Crippen molar-refractivity contribution in [3.8, 4) is 0 Å². The lowest BCUT2D eigenvalue weighted by molar-refractivity contribution is -0.174. The van der Waals surface area contributed by atoms with E-state index in [0.29, 0.717) is 10.9 Å². The first kappa shape index (κ1) is 11.3. The molecule has 1 unspecified atom stereocenters. The molecule has 0 saturated carbocycles. The lowest BCUT2D eigenvalue weighted by Crippen LogP contribution is -2.43. The topological polar surface area (TPSA) is 29.1 Å². The summed E-state index contributed by atoms with van der Waals surface area (Å²) in [6.07, 6.45) is 0.532. The SMILES string of the molecule is O=C(NC1CC=CC=C1Br)C(F)(F)F. The zero-order valence-electron chi connectivity index (χ0n) is 6.94. The Bertz CT molecular complexity index is 295. The molecule has 1 atom stereocenters. The number of allylic oxidation sites excluding steroid dienone is 2. The number of carbonyl (C=O) groups is 1. The van der Waals surface area contributed by atoms with Gasteiger partial charge in [-0.1, -0.05) is 34.2 Å². The van der Waals surface area contributed by atoms with Crippen molar-refractivity contribution in [2.24, 2.45) is 0 Å². The van der Waals surface area contributed by atoms with Gasteiger partial charge >= 0.3 is 12.1 Å². The monoisotopic (exact) mass is 269 g/mol. The van der Waals surface area contributed by atoms with E-state index in [9.17, 15) is 18.0 Å². The minimum Gasteiger partial charge on any atom is -0.341 e. The van der Waals surface area contributed by atoms with Gasteiger partial charge in [0, 0.05) is 4.48 Å². The molecule has 1 aliphatic carbocycles. The molecule has 0 heterocycles. The zero-order valence-corrected chi connectivity index (χ0v) is 8.52. The van der Waals surface area contributed by atoms with Gasteiger partial charge in [-0.15, -0.1) is 0 Å². The lowest BCUT2D eigenvalue weighted by Gasteiger charge is -2.19. The second-order valence-corrected chi connectivity index (χ2v) is 3.65. The van der Waals surface area contributed by atoms with Crippen molar-refractivity contribution in [1.82, 2.24) is 5.32 Å². The molecule has 1 amide bonds. The first-order valence-electron chi connectivity index (χ1n) is 3.81. The molecule has 0 bridgehead atoms. The fraction of sp³-hybridized carbons (Fsp3) is 0.375. The average molecular weight is 270 g/mol. The quantitative estimate of drug-likeness (QED) is 0.778. The minimum absolute atomic E-state index is 0.360. The van der Waals surface area contributed by atoms with Crippen LogP contribution in [0.25, 0.3) is 0 Å². The Balaban J connectivity index is 2.58. The van der Waals surface area contributed by atoms with Crippen molar-refractivity contribution in [2.75, 3.05) is 0 Å². The third kappa shape index (κ3) is 2.87. The van der Waals surface area contributed by atoms with Crippen LogP contribution in [0.3, 0.4) is 0 Å². The maximum Gasteiger partial charge on any atom is 0.471 e. The summed E-state index contributed by atoms with van der Waals surface area (Å²) in [5.41, 5.74) is 0. The first-order valence-corrected chi connectivity index (χ1v) is 4.60.